The van der Waals surface area contributed by atoms with Gasteiger partial charge >= 0.3 is 5.97 Å². The van der Waals surface area contributed by atoms with Crippen molar-refractivity contribution in [2.75, 3.05) is 6.79 Å². The van der Waals surface area contributed by atoms with Gasteiger partial charge in [-0.15, -0.1) is 0 Å². The van der Waals surface area contributed by atoms with Crippen molar-refractivity contribution in [3.63, 3.8) is 0 Å². The third-order valence-electron chi connectivity index (χ3n) is 5.42. The van der Waals surface area contributed by atoms with Crippen molar-refractivity contribution in [2.24, 2.45) is 5.92 Å². The highest BCUT2D eigenvalue weighted by Gasteiger charge is 2.47. The molecule has 0 saturated heterocycles. The van der Waals surface area contributed by atoms with E-state index >= 15 is 0 Å². The first-order valence-corrected chi connectivity index (χ1v) is 8.86. The van der Waals surface area contributed by atoms with E-state index in [0.717, 1.165) is 22.4 Å². The minimum atomic E-state index is -0.829. The van der Waals surface area contributed by atoms with Crippen LogP contribution in [0.15, 0.2) is 66.9 Å². The van der Waals surface area contributed by atoms with E-state index in [1.165, 1.54) is 0 Å². The highest BCUT2D eigenvalue weighted by molar-refractivity contribution is 5.77. The van der Waals surface area contributed by atoms with Crippen LogP contribution in [0.5, 0.6) is 11.5 Å². The predicted octanol–water partition coefficient (Wildman–Crippen LogP) is 3.79. The van der Waals surface area contributed by atoms with E-state index < -0.39 is 11.9 Å². The molecule has 1 aliphatic carbocycles. The van der Waals surface area contributed by atoms with Crippen molar-refractivity contribution < 1.29 is 19.4 Å². The third-order valence-corrected chi connectivity index (χ3v) is 5.42. The fourth-order valence-corrected chi connectivity index (χ4v) is 4.31. The number of carboxylic acids is 1. The van der Waals surface area contributed by atoms with Crippen LogP contribution in [0.3, 0.4) is 0 Å². The lowest BCUT2D eigenvalue weighted by atomic mass is 9.80. The average Bonchev–Trinajstić information content (AvgIpc) is 3.30. The standard InChI is InChI=1S/C22H17NO4/c24-22(25)20-18(14-8-9-16-17(11-14)27-12-26-16)15-7-4-10-23-21(15)19(20)13-5-2-1-3-6-13/h1-11,18-20H,12H2,(H,24,25). The van der Waals surface area contributed by atoms with Gasteiger partial charge in [-0.25, -0.2) is 0 Å². The Kier molecular flexibility index (Phi) is 3.60. The van der Waals surface area contributed by atoms with Crippen LogP contribution in [0, 0.1) is 5.92 Å². The molecule has 2 aliphatic rings. The molecule has 5 nitrogen and oxygen atoms in total. The Morgan fingerprint density at radius 2 is 1.74 bits per heavy atom. The first kappa shape index (κ1) is 15.9. The highest BCUT2D eigenvalue weighted by Crippen LogP contribution is 2.52. The number of hydrogen-bond donors (Lipinski definition) is 1. The number of carboxylic acid groups (broad SMARTS) is 1. The smallest absolute Gasteiger partial charge is 0.308 e. The van der Waals surface area contributed by atoms with Crippen LogP contribution in [-0.2, 0) is 4.79 Å². The molecular weight excluding hydrogens is 342 g/mol. The van der Waals surface area contributed by atoms with Gasteiger partial charge in [-0.1, -0.05) is 42.5 Å². The van der Waals surface area contributed by atoms with Crippen molar-refractivity contribution in [3.8, 4) is 11.5 Å². The monoisotopic (exact) mass is 359 g/mol. The SMILES string of the molecule is O=C(O)C1C(c2ccc3c(c2)OCO3)c2cccnc2C1c1ccccc1. The quantitative estimate of drug-likeness (QED) is 0.771. The minimum Gasteiger partial charge on any atom is -0.481 e. The summed E-state index contributed by atoms with van der Waals surface area (Å²) in [5.74, 6) is -0.719. The molecule has 1 aliphatic heterocycles. The van der Waals surface area contributed by atoms with Crippen LogP contribution in [-0.4, -0.2) is 22.9 Å². The molecule has 3 aromatic rings. The number of carbonyl (C=O) groups is 1. The molecule has 134 valence electrons. The summed E-state index contributed by atoms with van der Waals surface area (Å²) in [7, 11) is 0. The normalized spacial score (nSPS) is 22.4. The molecule has 5 heteroatoms. The summed E-state index contributed by atoms with van der Waals surface area (Å²) in [5.41, 5.74) is 3.66. The van der Waals surface area contributed by atoms with Crippen molar-refractivity contribution in [1.82, 2.24) is 4.98 Å². The number of fused-ring (bicyclic) bond motifs is 2. The van der Waals surface area contributed by atoms with Crippen LogP contribution in [0.2, 0.25) is 0 Å². The molecule has 3 unspecified atom stereocenters. The van der Waals surface area contributed by atoms with Gasteiger partial charge in [0.05, 0.1) is 11.6 Å². The number of pyridine rings is 1. The van der Waals surface area contributed by atoms with Gasteiger partial charge in [0.15, 0.2) is 11.5 Å². The zero-order chi connectivity index (χ0) is 18.4. The molecular formula is C22H17NO4. The molecule has 2 aromatic carbocycles. The van der Waals surface area contributed by atoms with Gasteiger partial charge < -0.3 is 14.6 Å². The van der Waals surface area contributed by atoms with E-state index in [2.05, 4.69) is 4.98 Å². The molecule has 5 rings (SSSR count). The van der Waals surface area contributed by atoms with Crippen molar-refractivity contribution in [3.05, 3.63) is 89.2 Å². The molecule has 0 saturated carbocycles. The fourth-order valence-electron chi connectivity index (χ4n) is 4.31. The van der Waals surface area contributed by atoms with Gasteiger partial charge in [-0.05, 0) is 34.9 Å². The topological polar surface area (TPSA) is 68.7 Å². The second-order valence-electron chi connectivity index (χ2n) is 6.82. The van der Waals surface area contributed by atoms with Gasteiger partial charge in [0.1, 0.15) is 0 Å². The van der Waals surface area contributed by atoms with Crippen LogP contribution in [0.25, 0.3) is 0 Å². The summed E-state index contributed by atoms with van der Waals surface area (Å²) in [6.07, 6.45) is 1.73. The second kappa shape index (κ2) is 6.13. The van der Waals surface area contributed by atoms with Crippen molar-refractivity contribution >= 4 is 5.97 Å². The van der Waals surface area contributed by atoms with E-state index in [4.69, 9.17) is 9.47 Å². The summed E-state index contributed by atoms with van der Waals surface area (Å²) in [6.45, 7) is 0.191. The van der Waals surface area contributed by atoms with Crippen LogP contribution >= 0.6 is 0 Å². The number of aliphatic carboxylic acids is 1. The lowest BCUT2D eigenvalue weighted by molar-refractivity contribution is -0.142. The molecule has 0 radical (unpaired) electrons. The minimum absolute atomic E-state index is 0.191. The Morgan fingerprint density at radius 1 is 0.926 bits per heavy atom. The summed E-state index contributed by atoms with van der Waals surface area (Å²) in [5, 5.41) is 10.2. The Hall–Kier alpha value is -3.34. The average molecular weight is 359 g/mol. The number of nitrogens with zero attached hydrogens (tertiary/aromatic N) is 1. The summed E-state index contributed by atoms with van der Waals surface area (Å²) < 4.78 is 10.9. The predicted molar refractivity (Wildman–Crippen MR) is 98.1 cm³/mol. The Labute approximate surface area is 156 Å². The Balaban J connectivity index is 1.69. The van der Waals surface area contributed by atoms with E-state index in [-0.39, 0.29) is 18.6 Å². The van der Waals surface area contributed by atoms with Crippen molar-refractivity contribution in [2.45, 2.75) is 11.8 Å². The van der Waals surface area contributed by atoms with Gasteiger partial charge in [0, 0.05) is 18.0 Å². The maximum atomic E-state index is 12.4. The van der Waals surface area contributed by atoms with E-state index in [1.54, 1.807) is 6.20 Å². The van der Waals surface area contributed by atoms with E-state index in [1.807, 2.05) is 60.7 Å². The van der Waals surface area contributed by atoms with Crippen LogP contribution < -0.4 is 9.47 Å². The summed E-state index contributed by atoms with van der Waals surface area (Å²) in [4.78, 5) is 17.0. The summed E-state index contributed by atoms with van der Waals surface area (Å²) >= 11 is 0. The molecule has 1 N–H and O–H groups in total. The van der Waals surface area contributed by atoms with Gasteiger partial charge in [0.2, 0.25) is 6.79 Å². The number of hydrogen-bond acceptors (Lipinski definition) is 4. The van der Waals surface area contributed by atoms with E-state index in [9.17, 15) is 9.90 Å². The van der Waals surface area contributed by atoms with Gasteiger partial charge in [0.25, 0.3) is 0 Å². The van der Waals surface area contributed by atoms with Crippen LogP contribution in [0.1, 0.15) is 34.2 Å². The molecule has 2 heterocycles. The molecule has 0 amide bonds. The molecule has 0 fully saturated rings. The maximum absolute atomic E-state index is 12.4. The third kappa shape index (κ3) is 2.46. The number of aromatic nitrogens is 1. The molecule has 27 heavy (non-hydrogen) atoms. The van der Waals surface area contributed by atoms with Crippen LogP contribution in [0.4, 0.5) is 0 Å². The highest BCUT2D eigenvalue weighted by atomic mass is 16.7. The Morgan fingerprint density at radius 3 is 2.56 bits per heavy atom. The van der Waals surface area contributed by atoms with Crippen molar-refractivity contribution in [1.29, 1.82) is 0 Å². The molecule has 1 aromatic heterocycles. The lowest BCUT2D eigenvalue weighted by Crippen LogP contribution is -2.24. The fraction of sp³-hybridized carbons (Fsp3) is 0.182. The van der Waals surface area contributed by atoms with Gasteiger partial charge in [-0.3, -0.25) is 9.78 Å². The maximum Gasteiger partial charge on any atom is 0.308 e. The number of ether oxygens (including phenoxy) is 2. The Bertz CT molecular complexity index is 1020. The van der Waals surface area contributed by atoms with E-state index in [0.29, 0.717) is 11.5 Å². The number of benzene rings is 2. The summed E-state index contributed by atoms with van der Waals surface area (Å²) in [6, 6.07) is 19.3. The zero-order valence-electron chi connectivity index (χ0n) is 14.4. The molecule has 3 atom stereocenters. The lowest BCUT2D eigenvalue weighted by Gasteiger charge is -2.22. The molecule has 0 spiro atoms. The number of rotatable bonds is 3. The largest absolute Gasteiger partial charge is 0.481 e. The zero-order valence-corrected chi connectivity index (χ0v) is 14.4. The second-order valence-corrected chi connectivity index (χ2v) is 6.82. The first-order chi connectivity index (χ1) is 13.2. The van der Waals surface area contributed by atoms with Gasteiger partial charge in [-0.2, -0.15) is 0 Å². The molecule has 0 bridgehead atoms. The first-order valence-electron chi connectivity index (χ1n) is 8.86.